The Morgan fingerprint density at radius 3 is 3.17 bits per heavy atom. The Labute approximate surface area is 81.3 Å². The summed E-state index contributed by atoms with van der Waals surface area (Å²) in [5.41, 5.74) is 0. The molecule has 0 bridgehead atoms. The number of fused-ring (bicyclic) bond motifs is 1. The molecule has 0 saturated carbocycles. The molecule has 0 spiro atoms. The molecule has 3 atom stereocenters. The van der Waals surface area contributed by atoms with Crippen LogP contribution >= 0.6 is 21.6 Å². The third-order valence-corrected chi connectivity index (χ3v) is 3.64. The Morgan fingerprint density at radius 1 is 1.50 bits per heavy atom. The molecule has 2 saturated heterocycles. The monoisotopic (exact) mass is 202 g/mol. The lowest BCUT2D eigenvalue weighted by atomic mass is 9.86. The van der Waals surface area contributed by atoms with Gasteiger partial charge in [-0.1, -0.05) is 21.6 Å². The van der Waals surface area contributed by atoms with Gasteiger partial charge in [0.15, 0.2) is 0 Å². The molecule has 68 valence electrons. The van der Waals surface area contributed by atoms with Gasteiger partial charge in [-0.05, 0) is 25.2 Å². The minimum absolute atomic E-state index is 0.669. The maximum Gasteiger partial charge on any atom is 0.0755 e. The van der Waals surface area contributed by atoms with Gasteiger partial charge < -0.3 is 5.32 Å². The number of hydrogen-bond acceptors (Lipinski definition) is 2. The molecule has 4 heteroatoms. The molecule has 2 rings (SSSR count). The summed E-state index contributed by atoms with van der Waals surface area (Å²) in [6.07, 6.45) is 3.62. The van der Waals surface area contributed by atoms with Crippen molar-refractivity contribution in [3.8, 4) is 0 Å². The van der Waals surface area contributed by atoms with Crippen LogP contribution in [0.4, 0.5) is 0 Å². The molecule has 2 aliphatic heterocycles. The van der Waals surface area contributed by atoms with Crippen LogP contribution in [-0.2, 0) is 0 Å². The summed E-state index contributed by atoms with van der Waals surface area (Å²) in [4.78, 5) is 1.08. The average molecular weight is 202 g/mol. The van der Waals surface area contributed by atoms with Gasteiger partial charge in [0.25, 0.3) is 0 Å². The zero-order chi connectivity index (χ0) is 8.55. The highest BCUT2D eigenvalue weighted by Crippen LogP contribution is 2.26. The lowest BCUT2D eigenvalue weighted by Crippen LogP contribution is -2.51. The first-order valence-corrected chi connectivity index (χ1v) is 5.47. The van der Waals surface area contributed by atoms with Crippen LogP contribution in [0.3, 0.4) is 0 Å². The minimum Gasteiger partial charge on any atom is -0.377 e. The van der Waals surface area contributed by atoms with E-state index >= 15 is 0 Å². The topological polar surface area (TPSA) is 15.3 Å². The number of thiocarbonyl (C=S) groups is 1. The summed E-state index contributed by atoms with van der Waals surface area (Å²) in [7, 11) is 2.80. The van der Waals surface area contributed by atoms with E-state index < -0.39 is 0 Å². The van der Waals surface area contributed by atoms with Gasteiger partial charge in [-0.25, -0.2) is 0 Å². The molecular formula is C8H15N2PS. The highest BCUT2D eigenvalue weighted by molar-refractivity contribution is 7.80. The molecule has 0 aromatic carbocycles. The summed E-state index contributed by atoms with van der Waals surface area (Å²) in [5, 5.41) is 3.43. The van der Waals surface area contributed by atoms with Crippen molar-refractivity contribution in [3.05, 3.63) is 0 Å². The number of hydrogen-bond donors (Lipinski definition) is 1. The average Bonchev–Trinajstić information content (AvgIpc) is 2.05. The van der Waals surface area contributed by atoms with E-state index in [4.69, 9.17) is 12.2 Å². The van der Waals surface area contributed by atoms with Crippen LogP contribution in [0, 0.1) is 5.92 Å². The van der Waals surface area contributed by atoms with Gasteiger partial charge in [0.2, 0.25) is 0 Å². The number of rotatable bonds is 0. The van der Waals surface area contributed by atoms with Crippen molar-refractivity contribution in [2.75, 3.05) is 13.1 Å². The van der Waals surface area contributed by atoms with Crippen molar-refractivity contribution in [2.45, 2.75) is 25.3 Å². The van der Waals surface area contributed by atoms with E-state index in [1.807, 2.05) is 0 Å². The Morgan fingerprint density at radius 2 is 2.33 bits per heavy atom. The Hall–Kier alpha value is 0.280. The highest BCUT2D eigenvalue weighted by atomic mass is 32.1. The van der Waals surface area contributed by atoms with Gasteiger partial charge in [0, 0.05) is 19.1 Å². The quantitative estimate of drug-likeness (QED) is 0.469. The third-order valence-electron chi connectivity index (χ3n) is 2.85. The summed E-state index contributed by atoms with van der Waals surface area (Å²) >= 11 is 5.17. The second kappa shape index (κ2) is 3.57. The van der Waals surface area contributed by atoms with Crippen LogP contribution < -0.4 is 5.32 Å². The maximum absolute atomic E-state index is 5.17. The third kappa shape index (κ3) is 1.78. The van der Waals surface area contributed by atoms with E-state index in [9.17, 15) is 0 Å². The second-order valence-electron chi connectivity index (χ2n) is 3.76. The molecule has 0 aliphatic carbocycles. The van der Waals surface area contributed by atoms with Crippen LogP contribution in [0.15, 0.2) is 0 Å². The first kappa shape index (κ1) is 8.86. The van der Waals surface area contributed by atoms with E-state index in [1.54, 1.807) is 0 Å². The van der Waals surface area contributed by atoms with Crippen molar-refractivity contribution in [1.82, 2.24) is 9.99 Å². The molecule has 12 heavy (non-hydrogen) atoms. The smallest absolute Gasteiger partial charge is 0.0755 e. The Kier molecular flexibility index (Phi) is 2.63. The molecule has 0 aromatic rings. The molecule has 0 aromatic heterocycles. The van der Waals surface area contributed by atoms with Crippen LogP contribution in [0.5, 0.6) is 0 Å². The molecule has 3 unspecified atom stereocenters. The maximum atomic E-state index is 5.17. The highest BCUT2D eigenvalue weighted by Gasteiger charge is 2.31. The summed E-state index contributed by atoms with van der Waals surface area (Å²) in [6.45, 7) is 2.40. The Bertz CT molecular complexity index is 197. The van der Waals surface area contributed by atoms with Crippen molar-refractivity contribution in [2.24, 2.45) is 5.92 Å². The van der Waals surface area contributed by atoms with E-state index in [1.165, 1.54) is 25.9 Å². The Balaban J connectivity index is 1.98. The van der Waals surface area contributed by atoms with Crippen LogP contribution in [0.25, 0.3) is 0 Å². The number of piperidine rings is 2. The SMILES string of the molecule is PN1CCC2NC(=S)CCC2C1. The lowest BCUT2D eigenvalue weighted by Gasteiger charge is -2.40. The first-order valence-electron chi connectivity index (χ1n) is 4.55. The molecular weight excluding hydrogens is 187 g/mol. The van der Waals surface area contributed by atoms with Gasteiger partial charge in [-0.3, -0.25) is 4.67 Å². The van der Waals surface area contributed by atoms with Crippen molar-refractivity contribution >= 4 is 26.6 Å². The first-order chi connectivity index (χ1) is 5.75. The summed E-state index contributed by atoms with van der Waals surface area (Å²) in [5.74, 6) is 0.822. The van der Waals surface area contributed by atoms with Gasteiger partial charge in [0.1, 0.15) is 0 Å². The van der Waals surface area contributed by atoms with Gasteiger partial charge in [-0.15, -0.1) is 0 Å². The molecule has 2 fully saturated rings. The van der Waals surface area contributed by atoms with Gasteiger partial charge in [-0.2, -0.15) is 0 Å². The fourth-order valence-electron chi connectivity index (χ4n) is 2.14. The predicted molar refractivity (Wildman–Crippen MR) is 58.1 cm³/mol. The molecule has 0 radical (unpaired) electrons. The zero-order valence-electron chi connectivity index (χ0n) is 7.12. The van der Waals surface area contributed by atoms with E-state index in [-0.39, 0.29) is 0 Å². The van der Waals surface area contributed by atoms with Crippen molar-refractivity contribution in [3.63, 3.8) is 0 Å². The van der Waals surface area contributed by atoms with Gasteiger partial charge >= 0.3 is 0 Å². The van der Waals surface area contributed by atoms with E-state index in [0.717, 1.165) is 17.3 Å². The zero-order valence-corrected chi connectivity index (χ0v) is 9.09. The van der Waals surface area contributed by atoms with Crippen molar-refractivity contribution < 1.29 is 0 Å². The van der Waals surface area contributed by atoms with E-state index in [0.29, 0.717) is 6.04 Å². The van der Waals surface area contributed by atoms with Gasteiger partial charge in [0.05, 0.1) is 4.99 Å². The number of nitrogens with one attached hydrogen (secondary N) is 1. The fourth-order valence-corrected chi connectivity index (χ4v) is 2.83. The molecule has 2 heterocycles. The molecule has 0 amide bonds. The standard InChI is InChI=1S/C8H15N2PS/c11-10-4-3-7-6(5-10)1-2-8(12)9-7/h6-7H,1-5,11H2,(H,9,12). The summed E-state index contributed by atoms with van der Waals surface area (Å²) < 4.78 is 2.34. The molecule has 2 nitrogen and oxygen atoms in total. The van der Waals surface area contributed by atoms with Crippen LogP contribution in [-0.4, -0.2) is 28.8 Å². The van der Waals surface area contributed by atoms with E-state index in [2.05, 4.69) is 19.4 Å². The van der Waals surface area contributed by atoms with Crippen LogP contribution in [0.1, 0.15) is 19.3 Å². The largest absolute Gasteiger partial charge is 0.377 e. The number of nitrogens with zero attached hydrogens (tertiary/aromatic N) is 1. The second-order valence-corrected chi connectivity index (χ2v) is 4.98. The normalized spacial score (nSPS) is 37.2. The predicted octanol–water partition coefficient (Wildman–Crippen LogP) is 1.18. The molecule has 2 aliphatic rings. The van der Waals surface area contributed by atoms with Crippen LogP contribution in [0.2, 0.25) is 0 Å². The fraction of sp³-hybridized carbons (Fsp3) is 0.875. The molecule has 1 N–H and O–H groups in total. The lowest BCUT2D eigenvalue weighted by molar-refractivity contribution is 0.214. The van der Waals surface area contributed by atoms with Crippen molar-refractivity contribution in [1.29, 1.82) is 0 Å². The minimum atomic E-state index is 0.669. The summed E-state index contributed by atoms with van der Waals surface area (Å²) in [6, 6.07) is 0.669.